The molecule has 6 heteroatoms. The third-order valence-electron chi connectivity index (χ3n) is 4.02. The average Bonchev–Trinajstić information content (AvgIpc) is 3.15. The second-order valence-electron chi connectivity index (χ2n) is 5.83. The van der Waals surface area contributed by atoms with Gasteiger partial charge in [-0.1, -0.05) is 12.1 Å². The summed E-state index contributed by atoms with van der Waals surface area (Å²) in [7, 11) is 1.55. The minimum Gasteiger partial charge on any atom is -0.495 e. The first-order valence-corrected chi connectivity index (χ1v) is 8.09. The fourth-order valence-corrected chi connectivity index (χ4v) is 2.64. The summed E-state index contributed by atoms with van der Waals surface area (Å²) >= 11 is 0. The van der Waals surface area contributed by atoms with E-state index in [1.807, 2.05) is 6.07 Å². The molecule has 1 unspecified atom stereocenters. The molecule has 25 heavy (non-hydrogen) atoms. The maximum absolute atomic E-state index is 13.2. The zero-order valence-electron chi connectivity index (χ0n) is 14.0. The molecule has 5 nitrogen and oxygen atoms in total. The number of hydrogen-bond donors (Lipinski definition) is 1. The monoisotopic (exact) mass is 345 g/mol. The molecule has 3 rings (SSSR count). The van der Waals surface area contributed by atoms with Crippen LogP contribution in [-0.2, 0) is 16.1 Å². The Kier molecular flexibility index (Phi) is 5.50. The van der Waals surface area contributed by atoms with Crippen molar-refractivity contribution in [3.63, 3.8) is 0 Å². The van der Waals surface area contributed by atoms with Crippen molar-refractivity contribution in [2.24, 2.45) is 5.92 Å². The first-order valence-electron chi connectivity index (χ1n) is 8.09. The molecule has 0 bridgehead atoms. The van der Waals surface area contributed by atoms with Gasteiger partial charge < -0.3 is 19.5 Å². The molecule has 0 radical (unpaired) electrons. The van der Waals surface area contributed by atoms with E-state index in [9.17, 15) is 9.18 Å². The van der Waals surface area contributed by atoms with Crippen LogP contribution in [0, 0.1) is 11.7 Å². The Labute approximate surface area is 145 Å². The summed E-state index contributed by atoms with van der Waals surface area (Å²) in [5.74, 6) is 0.446. The average molecular weight is 345 g/mol. The van der Waals surface area contributed by atoms with Crippen molar-refractivity contribution in [2.75, 3.05) is 25.6 Å². The third kappa shape index (κ3) is 4.48. The van der Waals surface area contributed by atoms with Crippen LogP contribution in [0.4, 0.5) is 10.1 Å². The first-order chi connectivity index (χ1) is 12.2. The molecule has 0 spiro atoms. The number of carbonyl (C=O) groups excluding carboxylic acids is 1. The van der Waals surface area contributed by atoms with Crippen LogP contribution in [0.3, 0.4) is 0 Å². The topological polar surface area (TPSA) is 56.8 Å². The summed E-state index contributed by atoms with van der Waals surface area (Å²) in [4.78, 5) is 12.3. The summed E-state index contributed by atoms with van der Waals surface area (Å²) in [5, 5.41) is 2.89. The highest BCUT2D eigenvalue weighted by Crippen LogP contribution is 2.27. The van der Waals surface area contributed by atoms with Crippen LogP contribution in [0.2, 0.25) is 0 Å². The van der Waals surface area contributed by atoms with Gasteiger partial charge in [0, 0.05) is 12.7 Å². The van der Waals surface area contributed by atoms with Gasteiger partial charge in [0.25, 0.3) is 0 Å². The van der Waals surface area contributed by atoms with Crippen LogP contribution in [0.25, 0.3) is 0 Å². The number of methoxy groups -OCH3 is 1. The lowest BCUT2D eigenvalue weighted by molar-refractivity contribution is -0.119. The normalized spacial score (nSPS) is 16.5. The molecule has 1 atom stereocenters. The van der Waals surface area contributed by atoms with E-state index in [-0.39, 0.29) is 24.2 Å². The Morgan fingerprint density at radius 1 is 1.32 bits per heavy atom. The van der Waals surface area contributed by atoms with Crippen LogP contribution in [-0.4, -0.2) is 26.2 Å². The lowest BCUT2D eigenvalue weighted by atomic mass is 10.1. The van der Waals surface area contributed by atoms with Crippen molar-refractivity contribution in [1.82, 2.24) is 0 Å². The predicted octanol–water partition coefficient (Wildman–Crippen LogP) is 3.39. The predicted molar refractivity (Wildman–Crippen MR) is 91.3 cm³/mol. The number of rotatable bonds is 6. The van der Waals surface area contributed by atoms with Crippen LogP contribution in [0.1, 0.15) is 12.0 Å². The van der Waals surface area contributed by atoms with Crippen LogP contribution < -0.4 is 14.8 Å². The van der Waals surface area contributed by atoms with Crippen molar-refractivity contribution < 1.29 is 23.4 Å². The largest absolute Gasteiger partial charge is 0.495 e. The molecule has 0 aromatic heterocycles. The highest BCUT2D eigenvalue weighted by atomic mass is 19.1. The lowest BCUT2D eigenvalue weighted by Crippen LogP contribution is -2.23. The first kappa shape index (κ1) is 17.2. The molecular formula is C19H20FNO4. The van der Waals surface area contributed by atoms with E-state index in [1.165, 1.54) is 12.1 Å². The van der Waals surface area contributed by atoms with Gasteiger partial charge in [0.05, 0.1) is 25.3 Å². The van der Waals surface area contributed by atoms with Crippen molar-refractivity contribution in [3.05, 3.63) is 53.8 Å². The number of benzene rings is 2. The SMILES string of the molecule is COc1ccc(COc2cccc(F)c2)cc1NC(=O)C1CCOC1. The summed E-state index contributed by atoms with van der Waals surface area (Å²) in [5.41, 5.74) is 1.42. The van der Waals surface area contributed by atoms with Gasteiger partial charge in [0.2, 0.25) is 5.91 Å². The fourth-order valence-electron chi connectivity index (χ4n) is 2.64. The maximum atomic E-state index is 13.2. The Bertz CT molecular complexity index is 744. The molecule has 0 saturated carbocycles. The van der Waals surface area contributed by atoms with E-state index in [1.54, 1.807) is 31.4 Å². The van der Waals surface area contributed by atoms with E-state index in [2.05, 4.69) is 5.32 Å². The van der Waals surface area contributed by atoms with Crippen LogP contribution in [0.5, 0.6) is 11.5 Å². The summed E-state index contributed by atoms with van der Waals surface area (Å²) < 4.78 is 29.3. The molecule has 1 aliphatic rings. The second kappa shape index (κ2) is 7.98. The lowest BCUT2D eigenvalue weighted by Gasteiger charge is -2.14. The number of halogens is 1. The van der Waals surface area contributed by atoms with Gasteiger partial charge in [-0.25, -0.2) is 4.39 Å². The van der Waals surface area contributed by atoms with E-state index in [0.29, 0.717) is 30.4 Å². The number of anilines is 1. The fraction of sp³-hybridized carbons (Fsp3) is 0.316. The summed E-state index contributed by atoms with van der Waals surface area (Å²) in [6, 6.07) is 11.4. The molecule has 132 valence electrons. The molecule has 2 aromatic carbocycles. The molecule has 1 heterocycles. The molecule has 1 fully saturated rings. The highest BCUT2D eigenvalue weighted by Gasteiger charge is 2.24. The van der Waals surface area contributed by atoms with Crippen LogP contribution in [0.15, 0.2) is 42.5 Å². The Hall–Kier alpha value is -2.60. The van der Waals surface area contributed by atoms with Gasteiger partial charge >= 0.3 is 0 Å². The molecule has 1 saturated heterocycles. The number of carbonyl (C=O) groups is 1. The zero-order chi connectivity index (χ0) is 17.6. The Balaban J connectivity index is 1.69. The van der Waals surface area contributed by atoms with Crippen molar-refractivity contribution in [2.45, 2.75) is 13.0 Å². The molecule has 1 aliphatic heterocycles. The number of nitrogens with one attached hydrogen (secondary N) is 1. The van der Waals surface area contributed by atoms with Gasteiger partial charge in [-0.05, 0) is 36.2 Å². The van der Waals surface area contributed by atoms with E-state index in [0.717, 1.165) is 12.0 Å². The molecule has 0 aliphatic carbocycles. The smallest absolute Gasteiger partial charge is 0.230 e. The van der Waals surface area contributed by atoms with Gasteiger partial charge in [0.15, 0.2) is 0 Å². The number of ether oxygens (including phenoxy) is 3. The Morgan fingerprint density at radius 3 is 2.92 bits per heavy atom. The third-order valence-corrected chi connectivity index (χ3v) is 4.02. The molecular weight excluding hydrogens is 325 g/mol. The van der Waals surface area contributed by atoms with Crippen molar-refractivity contribution in [3.8, 4) is 11.5 Å². The van der Waals surface area contributed by atoms with E-state index < -0.39 is 0 Å². The minimum absolute atomic E-state index is 0.0843. The standard InChI is InChI=1S/C19H20FNO4/c1-23-18-6-5-13(11-25-16-4-2-3-15(20)10-16)9-17(18)21-19(22)14-7-8-24-12-14/h2-6,9-10,14H,7-8,11-12H2,1H3,(H,21,22). The van der Waals surface area contributed by atoms with E-state index in [4.69, 9.17) is 14.2 Å². The second-order valence-corrected chi connectivity index (χ2v) is 5.83. The molecule has 1 amide bonds. The number of hydrogen-bond acceptors (Lipinski definition) is 4. The zero-order valence-corrected chi connectivity index (χ0v) is 14.0. The maximum Gasteiger partial charge on any atom is 0.230 e. The quantitative estimate of drug-likeness (QED) is 0.872. The Morgan fingerprint density at radius 2 is 2.20 bits per heavy atom. The van der Waals surface area contributed by atoms with Gasteiger partial charge in [-0.15, -0.1) is 0 Å². The van der Waals surface area contributed by atoms with Crippen molar-refractivity contribution in [1.29, 1.82) is 0 Å². The minimum atomic E-state index is -0.348. The molecule has 1 N–H and O–H groups in total. The summed E-state index contributed by atoms with van der Waals surface area (Å²) in [6.07, 6.45) is 0.719. The van der Waals surface area contributed by atoms with Gasteiger partial charge in [0.1, 0.15) is 23.9 Å². The van der Waals surface area contributed by atoms with Gasteiger partial charge in [-0.3, -0.25) is 4.79 Å². The highest BCUT2D eigenvalue weighted by molar-refractivity contribution is 5.94. The van der Waals surface area contributed by atoms with Crippen molar-refractivity contribution >= 4 is 11.6 Å². The molecule has 2 aromatic rings. The summed E-state index contributed by atoms with van der Waals surface area (Å²) in [6.45, 7) is 1.30. The van der Waals surface area contributed by atoms with Gasteiger partial charge in [-0.2, -0.15) is 0 Å². The van der Waals surface area contributed by atoms with E-state index >= 15 is 0 Å². The van der Waals surface area contributed by atoms with Crippen LogP contribution >= 0.6 is 0 Å². The number of amides is 1.